The Hall–Kier alpha value is -3.94. The van der Waals surface area contributed by atoms with Crippen molar-refractivity contribution < 1.29 is 19.0 Å². The van der Waals surface area contributed by atoms with Crippen LogP contribution in [0.4, 0.5) is 0 Å². The summed E-state index contributed by atoms with van der Waals surface area (Å²) in [4.78, 5) is 17.9. The third-order valence-electron chi connectivity index (χ3n) is 5.83. The maximum absolute atomic E-state index is 13.7. The summed E-state index contributed by atoms with van der Waals surface area (Å²) >= 11 is 3.46. The summed E-state index contributed by atoms with van der Waals surface area (Å²) < 4.78 is 18.6. The Balaban J connectivity index is 1.53. The average Bonchev–Trinajstić information content (AvgIpc) is 2.93. The fourth-order valence-electron chi connectivity index (χ4n) is 4.06. The van der Waals surface area contributed by atoms with E-state index in [1.54, 1.807) is 30.6 Å². The molecule has 1 N–H and O–H groups in total. The summed E-state index contributed by atoms with van der Waals surface area (Å²) in [5.41, 5.74) is 3.55. The summed E-state index contributed by atoms with van der Waals surface area (Å²) in [6.45, 7) is 0.509. The first-order valence-electron chi connectivity index (χ1n) is 11.8. The Morgan fingerprint density at radius 3 is 2.41 bits per heavy atom. The van der Waals surface area contributed by atoms with E-state index in [-0.39, 0.29) is 18.6 Å². The highest BCUT2D eigenvalue weighted by Gasteiger charge is 2.18. The molecule has 6 nitrogen and oxygen atoms in total. The van der Waals surface area contributed by atoms with Crippen LogP contribution in [0.25, 0.3) is 22.3 Å². The number of nitrogens with zero attached hydrogens (tertiary/aromatic N) is 1. The second-order valence-electron chi connectivity index (χ2n) is 8.46. The summed E-state index contributed by atoms with van der Waals surface area (Å²) in [7, 11) is 0. The molecule has 0 bridgehead atoms. The van der Waals surface area contributed by atoms with Crippen LogP contribution < -0.4 is 14.9 Å². The summed E-state index contributed by atoms with van der Waals surface area (Å²) in [6.07, 6.45) is 3.80. The topological polar surface area (TPSA) is 81.8 Å². The highest BCUT2D eigenvalue weighted by atomic mass is 79.9. The minimum Gasteiger partial charge on any atom is -0.491 e. The summed E-state index contributed by atoms with van der Waals surface area (Å²) in [5, 5.41) is 9.54. The molecule has 186 valence electrons. The molecule has 0 radical (unpaired) electrons. The molecular weight excluding hydrogens is 534 g/mol. The number of hydrogen-bond acceptors (Lipinski definition) is 6. The normalized spacial score (nSPS) is 11.0. The molecule has 3 aromatic carbocycles. The smallest absolute Gasteiger partial charge is 0.196 e. The number of halogens is 1. The maximum Gasteiger partial charge on any atom is 0.196 e. The molecule has 5 aromatic rings. The first-order chi connectivity index (χ1) is 18.1. The van der Waals surface area contributed by atoms with Crippen molar-refractivity contribution in [3.63, 3.8) is 0 Å². The van der Waals surface area contributed by atoms with Gasteiger partial charge in [0.25, 0.3) is 0 Å². The van der Waals surface area contributed by atoms with Crippen LogP contribution in [-0.4, -0.2) is 23.3 Å². The minimum atomic E-state index is -0.116. The van der Waals surface area contributed by atoms with Crippen LogP contribution in [-0.2, 0) is 13.0 Å². The van der Waals surface area contributed by atoms with Crippen molar-refractivity contribution in [2.45, 2.75) is 13.0 Å². The lowest BCUT2D eigenvalue weighted by Crippen LogP contribution is -2.12. The van der Waals surface area contributed by atoms with Crippen LogP contribution >= 0.6 is 15.9 Å². The highest BCUT2D eigenvalue weighted by molar-refractivity contribution is 9.10. The van der Waals surface area contributed by atoms with E-state index in [2.05, 4.69) is 20.9 Å². The SMILES string of the molecule is O=c1c(Cc2cncc(Br)c2)c(-c2ccc(OCc3ccccc3)cc2)oc2cc(OCCO)ccc12. The van der Waals surface area contributed by atoms with Crippen molar-refractivity contribution in [3.05, 3.63) is 123 Å². The van der Waals surface area contributed by atoms with Crippen molar-refractivity contribution in [1.29, 1.82) is 0 Å². The number of benzene rings is 3. The zero-order chi connectivity index (χ0) is 25.6. The Morgan fingerprint density at radius 2 is 1.65 bits per heavy atom. The summed E-state index contributed by atoms with van der Waals surface area (Å²) in [5.74, 6) is 1.71. The molecule has 2 aromatic heterocycles. The Labute approximate surface area is 222 Å². The molecule has 0 saturated heterocycles. The Kier molecular flexibility index (Phi) is 7.63. The lowest BCUT2D eigenvalue weighted by molar-refractivity contribution is 0.201. The number of ether oxygens (including phenoxy) is 2. The average molecular weight is 558 g/mol. The summed E-state index contributed by atoms with van der Waals surface area (Å²) in [6, 6.07) is 24.5. The van der Waals surface area contributed by atoms with Gasteiger partial charge in [-0.2, -0.15) is 0 Å². The van der Waals surface area contributed by atoms with Gasteiger partial charge in [-0.3, -0.25) is 9.78 Å². The van der Waals surface area contributed by atoms with Gasteiger partial charge < -0.3 is 19.0 Å². The van der Waals surface area contributed by atoms with Crippen molar-refractivity contribution in [2.75, 3.05) is 13.2 Å². The van der Waals surface area contributed by atoms with Crippen LogP contribution in [0.3, 0.4) is 0 Å². The Bertz CT molecular complexity index is 1570. The zero-order valence-corrected chi connectivity index (χ0v) is 21.5. The first-order valence-corrected chi connectivity index (χ1v) is 12.6. The van der Waals surface area contributed by atoms with Crippen LogP contribution in [0.1, 0.15) is 16.7 Å². The second-order valence-corrected chi connectivity index (χ2v) is 9.37. The van der Waals surface area contributed by atoms with Crippen molar-refractivity contribution in [1.82, 2.24) is 4.98 Å². The van der Waals surface area contributed by atoms with Gasteiger partial charge in [-0.15, -0.1) is 0 Å². The zero-order valence-electron chi connectivity index (χ0n) is 19.9. The van der Waals surface area contributed by atoms with E-state index in [4.69, 9.17) is 19.0 Å². The maximum atomic E-state index is 13.7. The molecule has 0 aliphatic heterocycles. The molecule has 0 saturated carbocycles. The standard InChI is InChI=1S/C30H24BrNO5/c31-23-14-21(17-32-18-23)15-27-29(34)26-11-10-25(35-13-12-33)16-28(26)37-30(27)22-6-8-24(9-7-22)36-19-20-4-2-1-3-5-20/h1-11,14,16-18,33H,12-13,15,19H2. The molecule has 37 heavy (non-hydrogen) atoms. The van der Waals surface area contributed by atoms with E-state index in [1.165, 1.54) is 0 Å². The van der Waals surface area contributed by atoms with Crippen molar-refractivity contribution in [3.8, 4) is 22.8 Å². The van der Waals surface area contributed by atoms with Crippen molar-refractivity contribution >= 4 is 26.9 Å². The molecule has 2 heterocycles. The number of aromatic nitrogens is 1. The van der Waals surface area contributed by atoms with Gasteiger partial charge in [-0.25, -0.2) is 0 Å². The molecule has 0 aliphatic rings. The first kappa shape index (κ1) is 24.7. The predicted molar refractivity (Wildman–Crippen MR) is 146 cm³/mol. The molecule has 5 rings (SSSR count). The number of hydrogen-bond donors (Lipinski definition) is 1. The van der Waals surface area contributed by atoms with Crippen LogP contribution in [0.15, 0.2) is 105 Å². The Morgan fingerprint density at radius 1 is 0.865 bits per heavy atom. The molecule has 0 spiro atoms. The monoisotopic (exact) mass is 557 g/mol. The van der Waals surface area contributed by atoms with Crippen molar-refractivity contribution in [2.24, 2.45) is 0 Å². The number of aliphatic hydroxyl groups excluding tert-OH is 1. The van der Waals surface area contributed by atoms with Gasteiger partial charge in [0, 0.05) is 40.5 Å². The van der Waals surface area contributed by atoms with E-state index in [0.29, 0.717) is 46.8 Å². The van der Waals surface area contributed by atoms with Gasteiger partial charge in [0.05, 0.1) is 12.0 Å². The van der Waals surface area contributed by atoms with Gasteiger partial charge >= 0.3 is 0 Å². The number of pyridine rings is 1. The van der Waals surface area contributed by atoms with Gasteiger partial charge in [0.15, 0.2) is 5.43 Å². The van der Waals surface area contributed by atoms with E-state index in [1.807, 2.05) is 60.7 Å². The van der Waals surface area contributed by atoms with Gasteiger partial charge in [0.2, 0.25) is 0 Å². The number of fused-ring (bicyclic) bond motifs is 1. The molecular formula is C30H24BrNO5. The van der Waals surface area contributed by atoms with Gasteiger partial charge in [0.1, 0.15) is 36.1 Å². The van der Waals surface area contributed by atoms with Crippen LogP contribution in [0.5, 0.6) is 11.5 Å². The van der Waals surface area contributed by atoms with Gasteiger partial charge in [-0.05, 0) is 69.5 Å². The molecule has 0 atom stereocenters. The third-order valence-corrected chi connectivity index (χ3v) is 6.26. The molecule has 7 heteroatoms. The quantitative estimate of drug-likeness (QED) is 0.234. The molecule has 0 amide bonds. The lowest BCUT2D eigenvalue weighted by atomic mass is 9.99. The van der Waals surface area contributed by atoms with Gasteiger partial charge in [-0.1, -0.05) is 30.3 Å². The fraction of sp³-hybridized carbons (Fsp3) is 0.133. The van der Waals surface area contributed by atoms with E-state index >= 15 is 0 Å². The molecule has 0 aliphatic carbocycles. The lowest BCUT2D eigenvalue weighted by Gasteiger charge is -2.13. The minimum absolute atomic E-state index is 0.106. The molecule has 0 unspecified atom stereocenters. The van der Waals surface area contributed by atoms with E-state index in [0.717, 1.165) is 21.2 Å². The van der Waals surface area contributed by atoms with E-state index in [9.17, 15) is 4.79 Å². The third kappa shape index (κ3) is 5.90. The predicted octanol–water partition coefficient (Wildman–Crippen LogP) is 6.16. The second kappa shape index (κ2) is 11.4. The largest absolute Gasteiger partial charge is 0.491 e. The number of rotatable bonds is 9. The fourth-order valence-corrected chi connectivity index (χ4v) is 4.47. The van der Waals surface area contributed by atoms with E-state index < -0.39 is 0 Å². The molecule has 0 fully saturated rings. The number of aliphatic hydroxyl groups is 1. The van der Waals surface area contributed by atoms with Crippen LogP contribution in [0, 0.1) is 0 Å². The van der Waals surface area contributed by atoms with Crippen LogP contribution in [0.2, 0.25) is 0 Å². The highest BCUT2D eigenvalue weighted by Crippen LogP contribution is 2.31.